The summed E-state index contributed by atoms with van der Waals surface area (Å²) < 4.78 is 25.7. The summed E-state index contributed by atoms with van der Waals surface area (Å²) in [6.07, 6.45) is 1.52. The number of hydrogen-bond acceptors (Lipinski definition) is 3. The molecule has 4 heteroatoms. The van der Waals surface area contributed by atoms with Gasteiger partial charge in [-0.15, -0.1) is 0 Å². The van der Waals surface area contributed by atoms with E-state index in [-0.39, 0.29) is 11.8 Å². The number of aryl methyl sites for hydroxylation is 1. The molecule has 0 saturated heterocycles. The van der Waals surface area contributed by atoms with Gasteiger partial charge < -0.3 is 9.47 Å². The Morgan fingerprint density at radius 1 is 0.824 bits per heavy atom. The Hall–Kier alpha value is -3.92. The molecule has 0 N–H and O–H groups in total. The molecular formula is C30H29FO3. The van der Waals surface area contributed by atoms with Crippen LogP contribution >= 0.6 is 0 Å². The maximum absolute atomic E-state index is 14.9. The number of allylic oxidation sites excluding steroid dienone is 1. The van der Waals surface area contributed by atoms with E-state index < -0.39 is 0 Å². The van der Waals surface area contributed by atoms with E-state index >= 15 is 0 Å². The van der Waals surface area contributed by atoms with Crippen LogP contribution in [-0.2, 0) is 16.0 Å². The van der Waals surface area contributed by atoms with Gasteiger partial charge in [-0.3, -0.25) is 0 Å². The van der Waals surface area contributed by atoms with E-state index in [2.05, 4.69) is 19.7 Å². The van der Waals surface area contributed by atoms with Gasteiger partial charge >= 0.3 is 5.97 Å². The fourth-order valence-electron chi connectivity index (χ4n) is 3.29. The number of rotatable bonds is 10. The van der Waals surface area contributed by atoms with Crippen molar-refractivity contribution in [3.05, 3.63) is 115 Å². The number of ether oxygens (including phenoxy) is 2. The van der Waals surface area contributed by atoms with Crippen molar-refractivity contribution in [1.29, 1.82) is 0 Å². The standard InChI is InChI=1S/C30H29FO3/c1-20(2)22(5)34-27-15-12-25(13-16-27)28-17-14-26(19-29(28)31)24-10-8-23(9-11-24)7-6-18-33-30(32)21(3)4/h8-17,19H,1,3,5-7,18H2,2,4H3. The Morgan fingerprint density at radius 3 is 2.03 bits per heavy atom. The fourth-order valence-corrected chi connectivity index (χ4v) is 3.29. The van der Waals surface area contributed by atoms with Gasteiger partial charge in [0.2, 0.25) is 0 Å². The van der Waals surface area contributed by atoms with E-state index in [1.54, 1.807) is 31.2 Å². The molecular weight excluding hydrogens is 427 g/mol. The topological polar surface area (TPSA) is 35.5 Å². The zero-order valence-electron chi connectivity index (χ0n) is 19.7. The SMILES string of the molecule is C=C(C)C(=C)Oc1ccc(-c2ccc(-c3ccc(CCCOC(=O)C(=C)C)cc3)cc2F)cc1. The smallest absolute Gasteiger partial charge is 0.333 e. The highest BCUT2D eigenvalue weighted by Crippen LogP contribution is 2.30. The molecule has 3 rings (SSSR count). The van der Waals surface area contributed by atoms with Gasteiger partial charge in [0.05, 0.1) is 6.61 Å². The van der Waals surface area contributed by atoms with Gasteiger partial charge in [-0.1, -0.05) is 68.3 Å². The molecule has 3 aromatic rings. The van der Waals surface area contributed by atoms with Gasteiger partial charge in [0.1, 0.15) is 17.3 Å². The van der Waals surface area contributed by atoms with Crippen molar-refractivity contribution < 1.29 is 18.7 Å². The highest BCUT2D eigenvalue weighted by molar-refractivity contribution is 5.86. The van der Waals surface area contributed by atoms with E-state index in [0.29, 0.717) is 29.3 Å². The maximum atomic E-state index is 14.9. The van der Waals surface area contributed by atoms with E-state index in [1.807, 2.05) is 49.4 Å². The second kappa shape index (κ2) is 11.3. The van der Waals surface area contributed by atoms with Crippen LogP contribution in [0.25, 0.3) is 22.3 Å². The van der Waals surface area contributed by atoms with Crippen molar-refractivity contribution >= 4 is 5.97 Å². The van der Waals surface area contributed by atoms with Crippen molar-refractivity contribution in [2.24, 2.45) is 0 Å². The van der Waals surface area contributed by atoms with Crippen LogP contribution in [0.15, 0.2) is 103 Å². The number of carbonyl (C=O) groups is 1. The molecule has 0 atom stereocenters. The minimum Gasteiger partial charge on any atom is -0.462 e. The first-order valence-electron chi connectivity index (χ1n) is 11.1. The molecule has 0 bridgehead atoms. The van der Waals surface area contributed by atoms with Gasteiger partial charge in [0, 0.05) is 11.1 Å². The van der Waals surface area contributed by atoms with Gasteiger partial charge in [-0.05, 0) is 72.7 Å². The van der Waals surface area contributed by atoms with E-state index in [1.165, 1.54) is 0 Å². The largest absolute Gasteiger partial charge is 0.462 e. The normalized spacial score (nSPS) is 10.4. The quantitative estimate of drug-likeness (QED) is 0.103. The molecule has 0 aliphatic heterocycles. The van der Waals surface area contributed by atoms with Crippen LogP contribution in [-0.4, -0.2) is 12.6 Å². The monoisotopic (exact) mass is 456 g/mol. The van der Waals surface area contributed by atoms with Crippen LogP contribution in [0.5, 0.6) is 5.75 Å². The van der Waals surface area contributed by atoms with E-state index in [0.717, 1.165) is 40.7 Å². The third-order valence-corrected chi connectivity index (χ3v) is 5.33. The lowest BCUT2D eigenvalue weighted by Gasteiger charge is -2.10. The summed E-state index contributed by atoms with van der Waals surface area (Å²) in [5, 5.41) is 0. The summed E-state index contributed by atoms with van der Waals surface area (Å²) in [6.45, 7) is 15.0. The average molecular weight is 457 g/mol. The van der Waals surface area contributed by atoms with E-state index in [9.17, 15) is 9.18 Å². The molecule has 3 aromatic carbocycles. The average Bonchev–Trinajstić information content (AvgIpc) is 2.82. The lowest BCUT2D eigenvalue weighted by atomic mass is 9.98. The molecule has 34 heavy (non-hydrogen) atoms. The molecule has 0 fully saturated rings. The molecule has 0 aliphatic rings. The summed E-state index contributed by atoms with van der Waals surface area (Å²) in [6, 6.07) is 20.4. The van der Waals surface area contributed by atoms with E-state index in [4.69, 9.17) is 9.47 Å². The van der Waals surface area contributed by atoms with Gasteiger partial charge in [0.15, 0.2) is 0 Å². The number of hydrogen-bond donors (Lipinski definition) is 0. The third kappa shape index (κ3) is 6.55. The molecule has 0 amide bonds. The summed E-state index contributed by atoms with van der Waals surface area (Å²) >= 11 is 0. The minimum absolute atomic E-state index is 0.291. The van der Waals surface area contributed by atoms with Crippen LogP contribution < -0.4 is 4.74 Å². The molecule has 0 heterocycles. The number of esters is 1. The lowest BCUT2D eigenvalue weighted by molar-refractivity contribution is -0.139. The third-order valence-electron chi connectivity index (χ3n) is 5.33. The molecule has 0 radical (unpaired) electrons. The van der Waals surface area contributed by atoms with Crippen molar-refractivity contribution in [3.8, 4) is 28.0 Å². The van der Waals surface area contributed by atoms with Crippen molar-refractivity contribution in [1.82, 2.24) is 0 Å². The van der Waals surface area contributed by atoms with Gasteiger partial charge in [0.25, 0.3) is 0 Å². The van der Waals surface area contributed by atoms with Crippen molar-refractivity contribution in [3.63, 3.8) is 0 Å². The van der Waals surface area contributed by atoms with Gasteiger partial charge in [-0.2, -0.15) is 0 Å². The Kier molecular flexibility index (Phi) is 8.20. The first-order valence-corrected chi connectivity index (χ1v) is 11.1. The first-order chi connectivity index (χ1) is 16.2. The van der Waals surface area contributed by atoms with Gasteiger partial charge in [-0.25, -0.2) is 9.18 Å². The summed E-state index contributed by atoms with van der Waals surface area (Å²) in [5.41, 5.74) is 5.31. The predicted octanol–water partition coefficient (Wildman–Crippen LogP) is 7.68. The Bertz CT molecular complexity index is 1200. The fraction of sp³-hybridized carbons (Fsp3) is 0.167. The molecule has 3 nitrogen and oxygen atoms in total. The number of carbonyl (C=O) groups excluding carboxylic acids is 1. The number of benzene rings is 3. The predicted molar refractivity (Wildman–Crippen MR) is 136 cm³/mol. The highest BCUT2D eigenvalue weighted by atomic mass is 19.1. The second-order valence-corrected chi connectivity index (χ2v) is 8.24. The first kappa shape index (κ1) is 24.7. The maximum Gasteiger partial charge on any atom is 0.333 e. The van der Waals surface area contributed by atoms with Crippen LogP contribution in [0.2, 0.25) is 0 Å². The minimum atomic E-state index is -0.362. The molecule has 0 unspecified atom stereocenters. The van der Waals surface area contributed by atoms with Crippen molar-refractivity contribution in [2.45, 2.75) is 26.7 Å². The summed E-state index contributed by atoms with van der Waals surface area (Å²) in [4.78, 5) is 11.4. The molecule has 174 valence electrons. The lowest BCUT2D eigenvalue weighted by Crippen LogP contribution is -2.06. The molecule has 0 saturated carbocycles. The van der Waals surface area contributed by atoms with Crippen LogP contribution in [0.4, 0.5) is 4.39 Å². The zero-order valence-corrected chi connectivity index (χ0v) is 19.7. The Balaban J connectivity index is 1.63. The highest BCUT2D eigenvalue weighted by Gasteiger charge is 2.09. The Morgan fingerprint density at radius 2 is 1.44 bits per heavy atom. The van der Waals surface area contributed by atoms with Crippen LogP contribution in [0, 0.1) is 5.82 Å². The number of halogens is 1. The summed E-state index contributed by atoms with van der Waals surface area (Å²) in [7, 11) is 0. The zero-order chi connectivity index (χ0) is 24.7. The molecule has 0 aromatic heterocycles. The molecule has 0 aliphatic carbocycles. The summed E-state index contributed by atoms with van der Waals surface area (Å²) in [5.74, 6) is 0.475. The second-order valence-electron chi connectivity index (χ2n) is 8.24. The van der Waals surface area contributed by atoms with Crippen molar-refractivity contribution in [2.75, 3.05) is 6.61 Å². The Labute approximate surface area is 200 Å². The molecule has 0 spiro atoms. The van der Waals surface area contributed by atoms with Crippen LogP contribution in [0.3, 0.4) is 0 Å². The van der Waals surface area contributed by atoms with Crippen LogP contribution in [0.1, 0.15) is 25.8 Å².